The molecule has 0 unspecified atom stereocenters. The predicted molar refractivity (Wildman–Crippen MR) is 203 cm³/mol. The molecule has 5 aromatic rings. The number of aromatic nitrogens is 3. The molecule has 1 aliphatic heterocycles. The Balaban J connectivity index is 0.00000239. The summed E-state index contributed by atoms with van der Waals surface area (Å²) in [6, 6.07) is 14.3. The number of fused-ring (bicyclic) bond motifs is 2. The van der Waals surface area contributed by atoms with Crippen LogP contribution in [0.15, 0.2) is 64.2 Å². The minimum atomic E-state index is -0.998. The Hall–Kier alpha value is -4.32. The van der Waals surface area contributed by atoms with Gasteiger partial charge in [0.1, 0.15) is 17.3 Å². The average molecular weight is 719 g/mol. The Kier molecular flexibility index (Phi) is 12.3. The maximum Gasteiger partial charge on any atom is 0.352 e. The lowest BCUT2D eigenvalue weighted by atomic mass is 10.0. The average Bonchev–Trinajstić information content (AvgIpc) is 3.78. The van der Waals surface area contributed by atoms with Crippen molar-refractivity contribution in [2.75, 3.05) is 13.2 Å². The number of carbonyl (C=O) groups is 1. The van der Waals surface area contributed by atoms with E-state index < -0.39 is 5.97 Å². The zero-order chi connectivity index (χ0) is 35.9. The van der Waals surface area contributed by atoms with Crippen LogP contribution in [0.3, 0.4) is 0 Å². The van der Waals surface area contributed by atoms with Gasteiger partial charge in [0.25, 0.3) is 0 Å². The number of hydrazone groups is 1. The van der Waals surface area contributed by atoms with E-state index in [1.807, 2.05) is 73.9 Å². The summed E-state index contributed by atoms with van der Waals surface area (Å²) >= 11 is 8.35. The summed E-state index contributed by atoms with van der Waals surface area (Å²) in [6.45, 7) is 7.43. The van der Waals surface area contributed by atoms with E-state index >= 15 is 0 Å². The van der Waals surface area contributed by atoms with Crippen LogP contribution < -0.4 is 10.5 Å². The Morgan fingerprint density at radius 2 is 1.94 bits per heavy atom. The summed E-state index contributed by atoms with van der Waals surface area (Å²) in [4.78, 5) is 13.5. The van der Waals surface area contributed by atoms with Gasteiger partial charge in [0, 0.05) is 76.8 Å². The molecule has 0 amide bonds. The zero-order valence-electron chi connectivity index (χ0n) is 29.2. The van der Waals surface area contributed by atoms with Gasteiger partial charge in [-0.05, 0) is 92.1 Å². The number of allylic oxidation sites excluding steroid dienone is 1. The number of aryl methyl sites for hydroxylation is 3. The largest absolute Gasteiger partial charge is 0.493 e. The first-order valence-electron chi connectivity index (χ1n) is 16.9. The topological polar surface area (TPSA) is 111 Å². The van der Waals surface area contributed by atoms with Crippen LogP contribution in [-0.4, -0.2) is 49.8 Å². The Labute approximate surface area is 301 Å². The number of thioether (sulfide) groups is 1. The fraction of sp³-hybridized carbons (Fsp3) is 0.342. The van der Waals surface area contributed by atoms with Crippen molar-refractivity contribution in [3.05, 3.63) is 93.3 Å². The van der Waals surface area contributed by atoms with Crippen molar-refractivity contribution in [3.63, 3.8) is 0 Å². The van der Waals surface area contributed by atoms with Gasteiger partial charge < -0.3 is 20.1 Å². The first-order chi connectivity index (χ1) is 24.2. The number of aromatic carboxylic acids is 1. The van der Waals surface area contributed by atoms with Crippen LogP contribution in [0, 0.1) is 5.82 Å². The second-order valence-corrected chi connectivity index (χ2v) is 13.2. The van der Waals surface area contributed by atoms with Crippen LogP contribution in [0.5, 0.6) is 5.75 Å². The number of ether oxygens (including phenoxy) is 1. The molecule has 1 aliphatic rings. The predicted octanol–water partition coefficient (Wildman–Crippen LogP) is 8.79. The second-order valence-electron chi connectivity index (χ2n) is 11.8. The molecule has 2 aromatic heterocycles. The highest BCUT2D eigenvalue weighted by Gasteiger charge is 2.24. The number of benzene rings is 3. The van der Waals surface area contributed by atoms with Crippen LogP contribution >= 0.6 is 23.4 Å². The molecule has 0 aliphatic carbocycles. The molecule has 0 saturated carbocycles. The molecule has 3 heterocycles. The van der Waals surface area contributed by atoms with Gasteiger partial charge in [-0.1, -0.05) is 31.5 Å². The zero-order valence-corrected chi connectivity index (χ0v) is 30.7. The van der Waals surface area contributed by atoms with Gasteiger partial charge in [-0.3, -0.25) is 9.69 Å². The van der Waals surface area contributed by atoms with Crippen LogP contribution in [0.1, 0.15) is 73.0 Å². The number of hydrogen-bond acceptors (Lipinski definition) is 7. The van der Waals surface area contributed by atoms with Gasteiger partial charge in [-0.2, -0.15) is 10.2 Å². The monoisotopic (exact) mass is 718 g/mol. The molecule has 0 bridgehead atoms. The first kappa shape index (κ1) is 36.9. The number of halogens is 2. The summed E-state index contributed by atoms with van der Waals surface area (Å²) in [5.74, 6) is -0.00594. The number of carboxylic acids is 1. The van der Waals surface area contributed by atoms with E-state index in [2.05, 4.69) is 10.2 Å². The van der Waals surface area contributed by atoms with Crippen LogP contribution in [-0.2, 0) is 32.8 Å². The summed E-state index contributed by atoms with van der Waals surface area (Å²) in [5, 5.41) is 24.1. The van der Waals surface area contributed by atoms with Crippen molar-refractivity contribution in [1.82, 2.24) is 19.4 Å². The molecule has 0 radical (unpaired) electrons. The van der Waals surface area contributed by atoms with Gasteiger partial charge in [0.05, 0.1) is 17.8 Å². The molecular weight excluding hydrogens is 675 g/mol. The normalized spacial score (nSPS) is 13.9. The number of rotatable bonds is 12. The van der Waals surface area contributed by atoms with Gasteiger partial charge in [-0.25, -0.2) is 9.18 Å². The summed E-state index contributed by atoms with van der Waals surface area (Å²) in [7, 11) is 3.67. The van der Waals surface area contributed by atoms with E-state index in [1.165, 1.54) is 12.1 Å². The lowest BCUT2D eigenvalue weighted by molar-refractivity contribution is 0.0685. The molecule has 3 N–H and O–H groups in total. The van der Waals surface area contributed by atoms with Gasteiger partial charge in [0.2, 0.25) is 0 Å². The van der Waals surface area contributed by atoms with Crippen molar-refractivity contribution in [2.45, 2.75) is 63.6 Å². The Morgan fingerprint density at radius 1 is 1.16 bits per heavy atom. The summed E-state index contributed by atoms with van der Waals surface area (Å²) in [5.41, 5.74) is 11.2. The van der Waals surface area contributed by atoms with Gasteiger partial charge in [0.15, 0.2) is 0 Å². The van der Waals surface area contributed by atoms with Crippen molar-refractivity contribution < 1.29 is 19.0 Å². The lowest BCUT2D eigenvalue weighted by Crippen LogP contribution is -2.10. The molecule has 1 fully saturated rings. The van der Waals surface area contributed by atoms with E-state index in [9.17, 15) is 14.3 Å². The number of carboxylic acid groups (broad SMARTS) is 1. The van der Waals surface area contributed by atoms with Crippen molar-refractivity contribution in [3.8, 4) is 5.75 Å². The maximum atomic E-state index is 14.3. The third kappa shape index (κ3) is 7.85. The summed E-state index contributed by atoms with van der Waals surface area (Å²) < 4.78 is 24.1. The lowest BCUT2D eigenvalue weighted by Gasteiger charge is -2.14. The number of nitrogens with zero attached hydrogens (tertiary/aromatic N) is 5. The smallest absolute Gasteiger partial charge is 0.352 e. The van der Waals surface area contributed by atoms with Crippen LogP contribution in [0.4, 0.5) is 4.39 Å². The van der Waals surface area contributed by atoms with Gasteiger partial charge >= 0.3 is 5.97 Å². The molecule has 6 rings (SSSR count). The standard InChI is InChI=1S/C36H38ClFN6O3S.C2H6/c1-4-40-44-13-5-7-25(44)18-31-32(37)12-11-30-29(35(36(45)46)42(2)34(30)31)8-6-14-47-33-19-27(16-22-15-23(38)9-10-28(22)33)48-21-26-17-24(20-39)41-43(26)3;1-2/h4,9-12,15-19H,5-8,13-14,20-21,39H2,1-3H3,(H,45,46);1-2H3/b25-18+,40-4+;. The van der Waals surface area contributed by atoms with Crippen molar-refractivity contribution >= 4 is 63.3 Å². The molecule has 264 valence electrons. The third-order valence-electron chi connectivity index (χ3n) is 8.65. The Morgan fingerprint density at radius 3 is 2.66 bits per heavy atom. The van der Waals surface area contributed by atoms with E-state index in [4.69, 9.17) is 22.1 Å². The van der Waals surface area contributed by atoms with Gasteiger partial charge in [-0.15, -0.1) is 11.8 Å². The molecule has 12 heteroatoms. The first-order valence-corrected chi connectivity index (χ1v) is 18.2. The minimum Gasteiger partial charge on any atom is -0.493 e. The maximum absolute atomic E-state index is 14.3. The molecule has 9 nitrogen and oxygen atoms in total. The van der Waals surface area contributed by atoms with Crippen molar-refractivity contribution in [1.29, 1.82) is 0 Å². The quantitative estimate of drug-likeness (QED) is 0.0754. The highest BCUT2D eigenvalue weighted by molar-refractivity contribution is 7.98. The minimum absolute atomic E-state index is 0.231. The molecule has 0 atom stereocenters. The van der Waals surface area contributed by atoms with Crippen LogP contribution in [0.25, 0.3) is 27.8 Å². The number of nitrogens with two attached hydrogens (primary N) is 1. The molecular formula is C38H44ClFN6O3S. The second kappa shape index (κ2) is 16.6. The van der Waals surface area contributed by atoms with Crippen LogP contribution in [0.2, 0.25) is 5.02 Å². The van der Waals surface area contributed by atoms with E-state index in [1.54, 1.807) is 35.7 Å². The molecule has 0 spiro atoms. The highest BCUT2D eigenvalue weighted by Crippen LogP contribution is 2.37. The van der Waals surface area contributed by atoms with E-state index in [0.717, 1.165) is 74.2 Å². The third-order valence-corrected chi connectivity index (χ3v) is 9.99. The SMILES string of the molecule is C/C=N/N1CCC/C1=C\c1c(Cl)ccc2c(CCCOc3cc(SCc4cc(CN)nn4C)cc4cc(F)ccc34)c(C(=O)O)n(C)c12.CC. The fourth-order valence-electron chi connectivity index (χ4n) is 6.44. The van der Waals surface area contributed by atoms with Crippen molar-refractivity contribution in [2.24, 2.45) is 24.9 Å². The summed E-state index contributed by atoms with van der Waals surface area (Å²) in [6.07, 6.45) is 6.70. The molecule has 1 saturated heterocycles. The Bertz CT molecular complexity index is 2070. The molecule has 50 heavy (non-hydrogen) atoms. The van der Waals surface area contributed by atoms with E-state index in [-0.39, 0.29) is 11.5 Å². The fourth-order valence-corrected chi connectivity index (χ4v) is 7.63. The van der Waals surface area contributed by atoms with E-state index in [0.29, 0.717) is 42.5 Å². The number of hydrogen-bond donors (Lipinski definition) is 2. The molecule has 3 aromatic carbocycles. The highest BCUT2D eigenvalue weighted by atomic mass is 35.5.